The van der Waals surface area contributed by atoms with Gasteiger partial charge in [0, 0.05) is 44.5 Å². The molecule has 0 fully saturated rings. The van der Waals surface area contributed by atoms with Gasteiger partial charge in [-0.2, -0.15) is 0 Å². The predicted octanol–water partition coefficient (Wildman–Crippen LogP) is 13.9. The highest BCUT2D eigenvalue weighted by molar-refractivity contribution is 6.15. The van der Waals surface area contributed by atoms with E-state index in [-0.39, 0.29) is 5.41 Å². The number of fused-ring (bicyclic) bond motifs is 6. The number of nitrogens with zero attached hydrogens (tertiary/aromatic N) is 2. The van der Waals surface area contributed by atoms with Gasteiger partial charge in [-0.3, -0.25) is 0 Å². The molecule has 2 heteroatoms. The van der Waals surface area contributed by atoms with Crippen molar-refractivity contribution in [1.29, 1.82) is 0 Å². The van der Waals surface area contributed by atoms with Crippen LogP contribution in [0.3, 0.4) is 0 Å². The van der Waals surface area contributed by atoms with Gasteiger partial charge in [-0.05, 0) is 93.5 Å². The van der Waals surface area contributed by atoms with Crippen LogP contribution in [0.4, 0.5) is 17.1 Å². The minimum Gasteiger partial charge on any atom is -0.310 e. The van der Waals surface area contributed by atoms with Crippen LogP contribution in [-0.4, -0.2) is 4.57 Å². The third-order valence-electron chi connectivity index (χ3n) is 11.2. The molecule has 1 heterocycles. The van der Waals surface area contributed by atoms with Gasteiger partial charge in [0.25, 0.3) is 0 Å². The van der Waals surface area contributed by atoms with Gasteiger partial charge in [0.05, 0.1) is 11.0 Å². The third kappa shape index (κ3) is 5.02. The number of hydrogen-bond donors (Lipinski definition) is 0. The zero-order valence-electron chi connectivity index (χ0n) is 29.9. The molecule has 0 atom stereocenters. The standard InChI is InChI=1S/C51H38N2/c1-51(2)47-24-14-12-22-42(47)43-31-30-40(34-48(43)51)52(39-28-26-36(27-29-39)35-16-6-3-7-17-35)41-32-45(37-18-8-4-9-19-37)50-46(33-41)44-23-13-15-25-49(44)53(50)38-20-10-5-11-21-38/h3-34H,1-2H3. The summed E-state index contributed by atoms with van der Waals surface area (Å²) in [5, 5.41) is 2.45. The van der Waals surface area contributed by atoms with Crippen LogP contribution < -0.4 is 4.90 Å². The Morgan fingerprint density at radius 3 is 1.74 bits per heavy atom. The summed E-state index contributed by atoms with van der Waals surface area (Å²) < 4.78 is 2.44. The summed E-state index contributed by atoms with van der Waals surface area (Å²) in [7, 11) is 0. The van der Waals surface area contributed by atoms with Gasteiger partial charge >= 0.3 is 0 Å². The number of benzene rings is 8. The molecule has 0 aliphatic heterocycles. The highest BCUT2D eigenvalue weighted by atomic mass is 15.1. The Bertz CT molecular complexity index is 2780. The maximum absolute atomic E-state index is 2.45. The van der Waals surface area contributed by atoms with Gasteiger partial charge in [0.1, 0.15) is 0 Å². The first kappa shape index (κ1) is 31.1. The second-order valence-electron chi connectivity index (χ2n) is 14.6. The fourth-order valence-electron chi connectivity index (χ4n) is 8.61. The Kier molecular flexibility index (Phi) is 7.19. The number of aromatic nitrogens is 1. The molecule has 0 saturated heterocycles. The Hall–Kier alpha value is -6.64. The molecule has 252 valence electrons. The molecule has 0 N–H and O–H groups in total. The predicted molar refractivity (Wildman–Crippen MR) is 224 cm³/mol. The lowest BCUT2D eigenvalue weighted by Gasteiger charge is -2.29. The smallest absolute Gasteiger partial charge is 0.0621 e. The minimum atomic E-state index is -0.118. The van der Waals surface area contributed by atoms with Crippen LogP contribution in [0, 0.1) is 0 Å². The number of para-hydroxylation sites is 2. The molecular weight excluding hydrogens is 641 g/mol. The van der Waals surface area contributed by atoms with Gasteiger partial charge < -0.3 is 9.47 Å². The molecule has 0 amide bonds. The molecule has 2 nitrogen and oxygen atoms in total. The molecule has 10 rings (SSSR count). The normalized spacial score (nSPS) is 12.9. The van der Waals surface area contributed by atoms with E-state index in [4.69, 9.17) is 0 Å². The second kappa shape index (κ2) is 12.3. The van der Waals surface area contributed by atoms with E-state index >= 15 is 0 Å². The van der Waals surface area contributed by atoms with Crippen molar-refractivity contribution in [2.75, 3.05) is 4.90 Å². The molecule has 9 aromatic rings. The molecule has 1 aliphatic rings. The van der Waals surface area contributed by atoms with E-state index in [2.05, 4.69) is 217 Å². The van der Waals surface area contributed by atoms with Crippen LogP contribution in [0.2, 0.25) is 0 Å². The number of anilines is 3. The SMILES string of the molecule is CC1(C)c2ccccc2-c2ccc(N(c3ccc(-c4ccccc4)cc3)c3cc(-c4ccccc4)c4c(c3)c3ccccc3n4-c3ccccc3)cc21. The van der Waals surface area contributed by atoms with Crippen molar-refractivity contribution >= 4 is 38.9 Å². The highest BCUT2D eigenvalue weighted by Crippen LogP contribution is 2.51. The maximum Gasteiger partial charge on any atom is 0.0621 e. The average Bonchev–Trinajstić information content (AvgIpc) is 3.67. The highest BCUT2D eigenvalue weighted by Gasteiger charge is 2.36. The summed E-state index contributed by atoms with van der Waals surface area (Å²) >= 11 is 0. The fraction of sp³-hybridized carbons (Fsp3) is 0.0588. The van der Waals surface area contributed by atoms with Crippen LogP contribution in [0.5, 0.6) is 0 Å². The van der Waals surface area contributed by atoms with E-state index in [1.165, 1.54) is 66.3 Å². The third-order valence-corrected chi connectivity index (χ3v) is 11.2. The van der Waals surface area contributed by atoms with Crippen molar-refractivity contribution in [3.8, 4) is 39.1 Å². The van der Waals surface area contributed by atoms with Crippen LogP contribution in [-0.2, 0) is 5.41 Å². The monoisotopic (exact) mass is 678 g/mol. The zero-order chi connectivity index (χ0) is 35.5. The van der Waals surface area contributed by atoms with Crippen molar-refractivity contribution in [2.45, 2.75) is 19.3 Å². The van der Waals surface area contributed by atoms with Gasteiger partial charge in [-0.25, -0.2) is 0 Å². The van der Waals surface area contributed by atoms with Crippen LogP contribution in [0.25, 0.3) is 60.9 Å². The van der Waals surface area contributed by atoms with E-state index in [9.17, 15) is 0 Å². The van der Waals surface area contributed by atoms with E-state index in [1.54, 1.807) is 0 Å². The lowest BCUT2D eigenvalue weighted by molar-refractivity contribution is 0.660. The minimum absolute atomic E-state index is 0.118. The van der Waals surface area contributed by atoms with Crippen molar-refractivity contribution in [1.82, 2.24) is 4.57 Å². The molecule has 0 spiro atoms. The van der Waals surface area contributed by atoms with Gasteiger partial charge in [0.15, 0.2) is 0 Å². The molecule has 53 heavy (non-hydrogen) atoms. The summed E-state index contributed by atoms with van der Waals surface area (Å²) in [4.78, 5) is 2.45. The molecule has 0 bridgehead atoms. The largest absolute Gasteiger partial charge is 0.310 e. The molecule has 1 aromatic heterocycles. The number of rotatable bonds is 6. The average molecular weight is 679 g/mol. The van der Waals surface area contributed by atoms with Crippen LogP contribution >= 0.6 is 0 Å². The molecule has 8 aromatic carbocycles. The van der Waals surface area contributed by atoms with Crippen molar-refractivity contribution in [3.63, 3.8) is 0 Å². The van der Waals surface area contributed by atoms with Gasteiger partial charge in [0.2, 0.25) is 0 Å². The summed E-state index contributed by atoms with van der Waals surface area (Å²) in [5.74, 6) is 0. The number of hydrogen-bond acceptors (Lipinski definition) is 1. The molecule has 0 saturated carbocycles. The zero-order valence-corrected chi connectivity index (χ0v) is 29.9. The summed E-state index contributed by atoms with van der Waals surface area (Å²) in [6.45, 7) is 4.72. The lowest BCUT2D eigenvalue weighted by atomic mass is 9.82. The Labute approximate surface area is 310 Å². The molecule has 0 radical (unpaired) electrons. The Balaban J connectivity index is 1.26. The first-order valence-corrected chi connectivity index (χ1v) is 18.4. The van der Waals surface area contributed by atoms with E-state index < -0.39 is 0 Å². The van der Waals surface area contributed by atoms with E-state index in [0.29, 0.717) is 0 Å². The van der Waals surface area contributed by atoms with E-state index in [1.807, 2.05) is 0 Å². The summed E-state index contributed by atoms with van der Waals surface area (Å²) in [6, 6.07) is 70.9. The first-order valence-electron chi connectivity index (χ1n) is 18.4. The molecule has 1 aliphatic carbocycles. The van der Waals surface area contributed by atoms with E-state index in [0.717, 1.165) is 22.7 Å². The van der Waals surface area contributed by atoms with Crippen LogP contribution in [0.15, 0.2) is 194 Å². The lowest BCUT2D eigenvalue weighted by Crippen LogP contribution is -2.16. The van der Waals surface area contributed by atoms with Crippen molar-refractivity contribution in [2.24, 2.45) is 0 Å². The van der Waals surface area contributed by atoms with Crippen molar-refractivity contribution < 1.29 is 0 Å². The fourth-order valence-corrected chi connectivity index (χ4v) is 8.61. The Morgan fingerprint density at radius 1 is 0.396 bits per heavy atom. The molecule has 0 unspecified atom stereocenters. The van der Waals surface area contributed by atoms with Gasteiger partial charge in [-0.1, -0.05) is 153 Å². The van der Waals surface area contributed by atoms with Crippen LogP contribution in [0.1, 0.15) is 25.0 Å². The Morgan fingerprint density at radius 2 is 0.981 bits per heavy atom. The molecular formula is C51H38N2. The quantitative estimate of drug-likeness (QED) is 0.170. The topological polar surface area (TPSA) is 8.17 Å². The summed E-state index contributed by atoms with van der Waals surface area (Å²) in [6.07, 6.45) is 0. The summed E-state index contributed by atoms with van der Waals surface area (Å²) in [5.41, 5.74) is 17.0. The maximum atomic E-state index is 2.45. The van der Waals surface area contributed by atoms with Gasteiger partial charge in [-0.15, -0.1) is 0 Å². The first-order chi connectivity index (χ1) is 26.1. The second-order valence-corrected chi connectivity index (χ2v) is 14.6. The van der Waals surface area contributed by atoms with Crippen molar-refractivity contribution in [3.05, 3.63) is 205 Å².